The summed E-state index contributed by atoms with van der Waals surface area (Å²) >= 11 is 0. The third kappa shape index (κ3) is 4.05. The van der Waals surface area contributed by atoms with E-state index in [1.54, 1.807) is 29.1 Å². The number of amides is 4. The zero-order valence-corrected chi connectivity index (χ0v) is 13.9. The Morgan fingerprint density at radius 3 is 2.62 bits per heavy atom. The number of rotatable bonds is 6. The van der Waals surface area contributed by atoms with Crippen LogP contribution in [0.2, 0.25) is 0 Å². The summed E-state index contributed by atoms with van der Waals surface area (Å²) in [5.74, 6) is -0.856. The number of imide groups is 1. The Bertz CT molecular complexity index is 806. The summed E-state index contributed by atoms with van der Waals surface area (Å²) in [6.45, 7) is 0.463. The fourth-order valence-corrected chi connectivity index (χ4v) is 2.67. The molecular formula is C17H18FN5O3. The van der Waals surface area contributed by atoms with E-state index in [2.05, 4.69) is 15.6 Å². The maximum atomic E-state index is 14.1. The molecule has 1 aromatic heterocycles. The molecular weight excluding hydrogens is 341 g/mol. The third-order valence-corrected chi connectivity index (χ3v) is 4.02. The number of benzene rings is 1. The van der Waals surface area contributed by atoms with E-state index in [1.165, 1.54) is 12.4 Å². The summed E-state index contributed by atoms with van der Waals surface area (Å²) in [4.78, 5) is 39.7. The van der Waals surface area contributed by atoms with Crippen LogP contribution in [0, 0.1) is 5.82 Å². The molecule has 9 heteroatoms. The van der Waals surface area contributed by atoms with Crippen LogP contribution in [0.3, 0.4) is 0 Å². The van der Waals surface area contributed by atoms with Crippen LogP contribution in [0.5, 0.6) is 0 Å². The molecule has 0 spiro atoms. The van der Waals surface area contributed by atoms with E-state index in [0.717, 1.165) is 4.90 Å². The van der Waals surface area contributed by atoms with Crippen LogP contribution in [-0.2, 0) is 16.1 Å². The number of halogens is 1. The quantitative estimate of drug-likeness (QED) is 0.751. The van der Waals surface area contributed by atoms with E-state index in [0.29, 0.717) is 11.3 Å². The van der Waals surface area contributed by atoms with Crippen molar-refractivity contribution in [3.63, 3.8) is 0 Å². The van der Waals surface area contributed by atoms with Crippen molar-refractivity contribution in [2.75, 3.05) is 13.1 Å². The summed E-state index contributed by atoms with van der Waals surface area (Å²) in [5, 5.41) is 5.17. The highest BCUT2D eigenvalue weighted by Gasteiger charge is 2.28. The number of hydrogen-bond donors (Lipinski definition) is 2. The van der Waals surface area contributed by atoms with E-state index < -0.39 is 11.8 Å². The van der Waals surface area contributed by atoms with Gasteiger partial charge in [-0.15, -0.1) is 0 Å². The zero-order valence-electron chi connectivity index (χ0n) is 13.9. The van der Waals surface area contributed by atoms with Gasteiger partial charge in [-0.25, -0.2) is 14.2 Å². The molecule has 0 radical (unpaired) electrons. The van der Waals surface area contributed by atoms with E-state index in [1.807, 2.05) is 0 Å². The van der Waals surface area contributed by atoms with E-state index >= 15 is 0 Å². The van der Waals surface area contributed by atoms with Crippen molar-refractivity contribution < 1.29 is 18.8 Å². The second-order valence-electron chi connectivity index (χ2n) is 5.80. The minimum absolute atomic E-state index is 0.147. The van der Waals surface area contributed by atoms with Crippen molar-refractivity contribution in [1.29, 1.82) is 0 Å². The summed E-state index contributed by atoms with van der Waals surface area (Å²) in [5.41, 5.74) is 0.974. The van der Waals surface area contributed by atoms with Gasteiger partial charge in [0, 0.05) is 44.9 Å². The molecule has 1 aliphatic rings. The lowest BCUT2D eigenvalue weighted by molar-refractivity contribution is -0.138. The van der Waals surface area contributed by atoms with Crippen molar-refractivity contribution in [3.05, 3.63) is 48.3 Å². The lowest BCUT2D eigenvalue weighted by atomic mass is 10.2. The summed E-state index contributed by atoms with van der Waals surface area (Å²) in [7, 11) is 0. The van der Waals surface area contributed by atoms with Crippen LogP contribution in [0.1, 0.15) is 18.4 Å². The zero-order chi connectivity index (χ0) is 18.5. The second kappa shape index (κ2) is 7.77. The van der Waals surface area contributed by atoms with Gasteiger partial charge in [-0.2, -0.15) is 0 Å². The molecule has 0 unspecified atom stereocenters. The van der Waals surface area contributed by atoms with Crippen LogP contribution in [0.4, 0.5) is 9.18 Å². The number of carbonyl (C=O) groups excluding carboxylic acids is 3. The molecule has 2 N–H and O–H groups in total. The number of nitrogens with one attached hydrogen (secondary N) is 2. The lowest BCUT2D eigenvalue weighted by Gasteiger charge is -2.14. The molecule has 4 amide bonds. The predicted molar refractivity (Wildman–Crippen MR) is 89.7 cm³/mol. The maximum Gasteiger partial charge on any atom is 0.315 e. The average molecular weight is 359 g/mol. The summed E-state index contributed by atoms with van der Waals surface area (Å²) in [6.07, 6.45) is 5.15. The molecule has 1 fully saturated rings. The van der Waals surface area contributed by atoms with Crippen molar-refractivity contribution in [3.8, 4) is 5.69 Å². The van der Waals surface area contributed by atoms with Gasteiger partial charge in [0.2, 0.25) is 11.8 Å². The van der Waals surface area contributed by atoms with Gasteiger partial charge < -0.3 is 15.2 Å². The molecule has 136 valence electrons. The lowest BCUT2D eigenvalue weighted by Crippen LogP contribution is -2.41. The number of hydrogen-bond acceptors (Lipinski definition) is 4. The number of likely N-dealkylation sites (tertiary alicyclic amines) is 1. The smallest absolute Gasteiger partial charge is 0.315 e. The molecule has 0 saturated carbocycles. The van der Waals surface area contributed by atoms with Crippen molar-refractivity contribution in [2.45, 2.75) is 19.4 Å². The summed E-state index contributed by atoms with van der Waals surface area (Å²) < 4.78 is 15.7. The van der Waals surface area contributed by atoms with Crippen LogP contribution in [0.15, 0.2) is 36.9 Å². The number of urea groups is 1. The van der Waals surface area contributed by atoms with Crippen molar-refractivity contribution >= 4 is 17.8 Å². The normalized spacial score (nSPS) is 14.0. The molecule has 1 saturated heterocycles. The standard InChI is InChI=1S/C17H18FN5O3/c18-13-9-12(1-2-14(13)22-7-5-19-11-22)10-21-17(26)20-6-8-23-15(24)3-4-16(23)25/h1-2,5,7,9,11H,3-4,6,8,10H2,(H2,20,21,26). The number of nitrogens with zero attached hydrogens (tertiary/aromatic N) is 3. The summed E-state index contributed by atoms with van der Waals surface area (Å²) in [6, 6.07) is 4.21. The van der Waals surface area contributed by atoms with Crippen molar-refractivity contribution in [1.82, 2.24) is 25.1 Å². The van der Waals surface area contributed by atoms with Gasteiger partial charge in [0.05, 0.1) is 12.0 Å². The topological polar surface area (TPSA) is 96.3 Å². The Balaban J connectivity index is 1.45. The van der Waals surface area contributed by atoms with Gasteiger partial charge in [0.15, 0.2) is 0 Å². The molecule has 1 aromatic carbocycles. The van der Waals surface area contributed by atoms with E-state index in [4.69, 9.17) is 0 Å². The highest BCUT2D eigenvalue weighted by Crippen LogP contribution is 2.15. The highest BCUT2D eigenvalue weighted by atomic mass is 19.1. The highest BCUT2D eigenvalue weighted by molar-refractivity contribution is 6.01. The maximum absolute atomic E-state index is 14.1. The Morgan fingerprint density at radius 1 is 1.19 bits per heavy atom. The minimum atomic E-state index is -0.455. The third-order valence-electron chi connectivity index (χ3n) is 4.02. The molecule has 2 aromatic rings. The van der Waals surface area contributed by atoms with Gasteiger partial charge in [-0.1, -0.05) is 6.07 Å². The molecule has 26 heavy (non-hydrogen) atoms. The fraction of sp³-hybridized carbons (Fsp3) is 0.294. The predicted octanol–water partition coefficient (Wildman–Crippen LogP) is 0.960. The number of aromatic nitrogens is 2. The van der Waals surface area contributed by atoms with Crippen LogP contribution < -0.4 is 10.6 Å². The molecule has 8 nitrogen and oxygen atoms in total. The molecule has 1 aliphatic heterocycles. The van der Waals surface area contributed by atoms with Gasteiger partial charge >= 0.3 is 6.03 Å². The van der Waals surface area contributed by atoms with Gasteiger partial charge in [-0.05, 0) is 17.7 Å². The number of imidazole rings is 1. The van der Waals surface area contributed by atoms with Crippen molar-refractivity contribution in [2.24, 2.45) is 0 Å². The second-order valence-corrected chi connectivity index (χ2v) is 5.80. The number of carbonyl (C=O) groups is 3. The van der Waals surface area contributed by atoms with Crippen LogP contribution in [-0.4, -0.2) is 45.4 Å². The Morgan fingerprint density at radius 2 is 1.96 bits per heavy atom. The van der Waals surface area contributed by atoms with Gasteiger partial charge in [0.1, 0.15) is 5.82 Å². The SMILES string of the molecule is O=C(NCCN1C(=O)CCC1=O)NCc1ccc(-n2ccnc2)c(F)c1. The molecule has 0 aliphatic carbocycles. The first-order chi connectivity index (χ1) is 12.5. The monoisotopic (exact) mass is 359 g/mol. The van der Waals surface area contributed by atoms with Crippen LogP contribution >= 0.6 is 0 Å². The first-order valence-corrected chi connectivity index (χ1v) is 8.16. The van der Waals surface area contributed by atoms with E-state index in [-0.39, 0.29) is 44.3 Å². The minimum Gasteiger partial charge on any atom is -0.336 e. The van der Waals surface area contributed by atoms with Gasteiger partial charge in [-0.3, -0.25) is 14.5 Å². The molecule has 2 heterocycles. The Labute approximate surface area is 149 Å². The van der Waals surface area contributed by atoms with E-state index in [9.17, 15) is 18.8 Å². The average Bonchev–Trinajstić information content (AvgIpc) is 3.25. The fourth-order valence-electron chi connectivity index (χ4n) is 2.67. The van der Waals surface area contributed by atoms with Gasteiger partial charge in [0.25, 0.3) is 0 Å². The molecule has 3 rings (SSSR count). The largest absolute Gasteiger partial charge is 0.336 e. The first-order valence-electron chi connectivity index (χ1n) is 8.16. The first kappa shape index (κ1) is 17.6. The molecule has 0 atom stereocenters. The Kier molecular flexibility index (Phi) is 5.26. The Hall–Kier alpha value is -3.23. The molecule has 0 bridgehead atoms. The van der Waals surface area contributed by atoms with Crippen LogP contribution in [0.25, 0.3) is 5.69 Å².